The highest BCUT2D eigenvalue weighted by molar-refractivity contribution is 6.33. The van der Waals surface area contributed by atoms with E-state index in [9.17, 15) is 9.59 Å². The van der Waals surface area contributed by atoms with E-state index in [0.717, 1.165) is 30.6 Å². The molecule has 2 N–H and O–H groups in total. The minimum absolute atomic E-state index is 0.0511. The van der Waals surface area contributed by atoms with Crippen molar-refractivity contribution in [3.63, 3.8) is 0 Å². The van der Waals surface area contributed by atoms with Crippen molar-refractivity contribution in [2.24, 2.45) is 5.92 Å². The highest BCUT2D eigenvalue weighted by Crippen LogP contribution is 2.23. The molecule has 1 fully saturated rings. The van der Waals surface area contributed by atoms with Gasteiger partial charge in [0.1, 0.15) is 5.82 Å². The van der Waals surface area contributed by atoms with Crippen LogP contribution in [0.2, 0.25) is 5.02 Å². The standard InChI is InChI=1S/C21H25ClN4O2/c1-14-8-9-18(17(22)11-14)24-20(27)13-26-10-4-6-16(12-26)21(28)25-19-7-3-5-15(2)23-19/h3,5,7-9,11,16H,4,6,10,12-13H2,1-2H3,(H,24,27)(H,23,25,28). The van der Waals surface area contributed by atoms with Crippen LogP contribution < -0.4 is 10.6 Å². The molecule has 1 saturated heterocycles. The number of rotatable bonds is 5. The Balaban J connectivity index is 1.54. The molecule has 1 aromatic heterocycles. The zero-order valence-corrected chi connectivity index (χ0v) is 16.9. The summed E-state index contributed by atoms with van der Waals surface area (Å²) in [7, 11) is 0. The van der Waals surface area contributed by atoms with Gasteiger partial charge in [0.25, 0.3) is 0 Å². The molecule has 0 saturated carbocycles. The molecule has 0 radical (unpaired) electrons. The lowest BCUT2D eigenvalue weighted by molar-refractivity contribution is -0.123. The van der Waals surface area contributed by atoms with Crippen LogP contribution in [0.4, 0.5) is 11.5 Å². The zero-order valence-electron chi connectivity index (χ0n) is 16.2. The van der Waals surface area contributed by atoms with Crippen LogP contribution in [0.3, 0.4) is 0 Å². The molecule has 1 aromatic carbocycles. The van der Waals surface area contributed by atoms with Gasteiger partial charge in [0.05, 0.1) is 23.2 Å². The quantitative estimate of drug-likeness (QED) is 0.803. The lowest BCUT2D eigenvalue weighted by atomic mass is 9.97. The highest BCUT2D eigenvalue weighted by Gasteiger charge is 2.27. The van der Waals surface area contributed by atoms with Crippen LogP contribution in [0.25, 0.3) is 0 Å². The molecule has 2 amide bonds. The summed E-state index contributed by atoms with van der Waals surface area (Å²) in [5.41, 5.74) is 2.50. The first-order valence-electron chi connectivity index (χ1n) is 9.43. The number of hydrogen-bond acceptors (Lipinski definition) is 4. The Morgan fingerprint density at radius 2 is 2.04 bits per heavy atom. The Morgan fingerprint density at radius 1 is 1.21 bits per heavy atom. The molecule has 2 aromatic rings. The van der Waals surface area contributed by atoms with Gasteiger partial charge in [0, 0.05) is 12.2 Å². The predicted molar refractivity (Wildman–Crippen MR) is 112 cm³/mol. The number of aromatic nitrogens is 1. The number of carbonyl (C=O) groups is 2. The molecular formula is C21H25ClN4O2. The average Bonchev–Trinajstić information content (AvgIpc) is 2.64. The number of benzene rings is 1. The van der Waals surface area contributed by atoms with Gasteiger partial charge in [-0.05, 0) is 63.1 Å². The third kappa shape index (κ3) is 5.53. The maximum absolute atomic E-state index is 12.6. The zero-order chi connectivity index (χ0) is 20.1. The maximum Gasteiger partial charge on any atom is 0.238 e. The molecule has 28 heavy (non-hydrogen) atoms. The van der Waals surface area contributed by atoms with Gasteiger partial charge < -0.3 is 10.6 Å². The Hall–Kier alpha value is -2.44. The fraction of sp³-hybridized carbons (Fsp3) is 0.381. The third-order valence-corrected chi connectivity index (χ3v) is 5.09. The van der Waals surface area contributed by atoms with E-state index in [-0.39, 0.29) is 24.3 Å². The van der Waals surface area contributed by atoms with Crippen LogP contribution in [-0.2, 0) is 9.59 Å². The summed E-state index contributed by atoms with van der Waals surface area (Å²) in [6, 6.07) is 11.1. The predicted octanol–water partition coefficient (Wildman–Crippen LogP) is 3.64. The fourth-order valence-electron chi connectivity index (χ4n) is 3.37. The average molecular weight is 401 g/mol. The van der Waals surface area contributed by atoms with Crippen molar-refractivity contribution in [2.75, 3.05) is 30.3 Å². The van der Waals surface area contributed by atoms with Crippen molar-refractivity contribution in [3.8, 4) is 0 Å². The van der Waals surface area contributed by atoms with E-state index in [2.05, 4.69) is 15.6 Å². The Morgan fingerprint density at radius 3 is 2.79 bits per heavy atom. The van der Waals surface area contributed by atoms with Crippen molar-refractivity contribution in [2.45, 2.75) is 26.7 Å². The molecule has 2 heterocycles. The molecule has 7 heteroatoms. The Labute approximate surface area is 170 Å². The molecule has 0 bridgehead atoms. The number of nitrogens with one attached hydrogen (secondary N) is 2. The first-order chi connectivity index (χ1) is 13.4. The third-order valence-electron chi connectivity index (χ3n) is 4.78. The lowest BCUT2D eigenvalue weighted by Gasteiger charge is -2.31. The van der Waals surface area contributed by atoms with E-state index in [0.29, 0.717) is 23.1 Å². The first-order valence-corrected chi connectivity index (χ1v) is 9.81. The number of likely N-dealkylation sites (tertiary alicyclic amines) is 1. The van der Waals surface area contributed by atoms with Crippen molar-refractivity contribution < 1.29 is 9.59 Å². The van der Waals surface area contributed by atoms with Crippen molar-refractivity contribution in [1.29, 1.82) is 0 Å². The number of hydrogen-bond donors (Lipinski definition) is 2. The number of nitrogens with zero attached hydrogens (tertiary/aromatic N) is 2. The number of halogens is 1. The summed E-state index contributed by atoms with van der Waals surface area (Å²) in [6.07, 6.45) is 1.68. The summed E-state index contributed by atoms with van der Waals surface area (Å²) in [6.45, 7) is 5.41. The Kier molecular flexibility index (Phi) is 6.65. The molecule has 1 aliphatic rings. The van der Waals surface area contributed by atoms with Crippen LogP contribution in [0.1, 0.15) is 24.1 Å². The number of piperidine rings is 1. The summed E-state index contributed by atoms with van der Waals surface area (Å²) < 4.78 is 0. The summed E-state index contributed by atoms with van der Waals surface area (Å²) in [5.74, 6) is 0.220. The second-order valence-corrected chi connectivity index (χ2v) is 7.67. The number of anilines is 2. The fourth-order valence-corrected chi connectivity index (χ4v) is 3.65. The number of aryl methyl sites for hydroxylation is 2. The van der Waals surface area contributed by atoms with Crippen molar-refractivity contribution >= 4 is 34.9 Å². The summed E-state index contributed by atoms with van der Waals surface area (Å²) in [5, 5.41) is 6.26. The smallest absolute Gasteiger partial charge is 0.238 e. The van der Waals surface area contributed by atoms with Gasteiger partial charge in [-0.1, -0.05) is 23.7 Å². The van der Waals surface area contributed by atoms with E-state index < -0.39 is 0 Å². The van der Waals surface area contributed by atoms with E-state index in [1.807, 2.05) is 43.0 Å². The molecule has 6 nitrogen and oxygen atoms in total. The molecule has 1 unspecified atom stereocenters. The second kappa shape index (κ2) is 9.17. The van der Waals surface area contributed by atoms with Crippen LogP contribution in [0.15, 0.2) is 36.4 Å². The van der Waals surface area contributed by atoms with Gasteiger partial charge in [-0.3, -0.25) is 14.5 Å². The van der Waals surface area contributed by atoms with Gasteiger partial charge in [0.2, 0.25) is 11.8 Å². The first kappa shape index (κ1) is 20.3. The van der Waals surface area contributed by atoms with Crippen LogP contribution in [-0.4, -0.2) is 41.3 Å². The highest BCUT2D eigenvalue weighted by atomic mass is 35.5. The van der Waals surface area contributed by atoms with Gasteiger partial charge in [0.15, 0.2) is 0 Å². The van der Waals surface area contributed by atoms with E-state index in [1.165, 1.54) is 0 Å². The number of pyridine rings is 1. The van der Waals surface area contributed by atoms with Crippen molar-refractivity contribution in [1.82, 2.24) is 9.88 Å². The van der Waals surface area contributed by atoms with Crippen LogP contribution in [0, 0.1) is 19.8 Å². The molecule has 3 rings (SSSR count). The minimum Gasteiger partial charge on any atom is -0.324 e. The molecule has 1 atom stereocenters. The molecule has 0 spiro atoms. The van der Waals surface area contributed by atoms with Crippen LogP contribution >= 0.6 is 11.6 Å². The monoisotopic (exact) mass is 400 g/mol. The van der Waals surface area contributed by atoms with Crippen molar-refractivity contribution in [3.05, 3.63) is 52.7 Å². The Bertz CT molecular complexity index is 871. The maximum atomic E-state index is 12.6. The SMILES string of the molecule is Cc1ccc(NC(=O)CN2CCCC(C(=O)Nc3cccc(C)n3)C2)c(Cl)c1. The number of carbonyl (C=O) groups excluding carboxylic acids is 2. The number of amides is 2. The molecular weight excluding hydrogens is 376 g/mol. The van der Waals surface area contributed by atoms with Gasteiger partial charge in [-0.25, -0.2) is 4.98 Å². The summed E-state index contributed by atoms with van der Waals surface area (Å²) in [4.78, 5) is 31.3. The van der Waals surface area contributed by atoms with E-state index in [1.54, 1.807) is 12.1 Å². The van der Waals surface area contributed by atoms with Gasteiger partial charge >= 0.3 is 0 Å². The largest absolute Gasteiger partial charge is 0.324 e. The molecule has 148 valence electrons. The van der Waals surface area contributed by atoms with Gasteiger partial charge in [-0.2, -0.15) is 0 Å². The van der Waals surface area contributed by atoms with E-state index >= 15 is 0 Å². The molecule has 1 aliphatic heterocycles. The van der Waals surface area contributed by atoms with Crippen LogP contribution in [0.5, 0.6) is 0 Å². The summed E-state index contributed by atoms with van der Waals surface area (Å²) >= 11 is 6.18. The van der Waals surface area contributed by atoms with Gasteiger partial charge in [-0.15, -0.1) is 0 Å². The second-order valence-electron chi connectivity index (χ2n) is 7.26. The normalized spacial score (nSPS) is 17.2. The topological polar surface area (TPSA) is 74.3 Å². The lowest BCUT2D eigenvalue weighted by Crippen LogP contribution is -2.44. The minimum atomic E-state index is -0.160. The van der Waals surface area contributed by atoms with E-state index in [4.69, 9.17) is 11.6 Å². The molecule has 0 aliphatic carbocycles.